The minimum Gasteiger partial charge on any atom is -0.388 e. The third-order valence-electron chi connectivity index (χ3n) is 5.98. The molecule has 3 aromatic carbocycles. The third kappa shape index (κ3) is 5.75. The molecular formula is C26H28N2O4S. The predicted octanol–water partition coefficient (Wildman–Crippen LogP) is 2.96. The van der Waals surface area contributed by atoms with E-state index in [0.717, 1.165) is 13.0 Å². The highest BCUT2D eigenvalue weighted by molar-refractivity contribution is 7.89. The molecule has 3 aromatic rings. The quantitative estimate of drug-likeness (QED) is 0.519. The molecule has 1 aliphatic rings. The van der Waals surface area contributed by atoms with E-state index in [4.69, 9.17) is 5.11 Å². The number of carbonyl (C=O) groups excluding carboxylic acids is 1. The summed E-state index contributed by atoms with van der Waals surface area (Å²) in [6.07, 6.45) is 3.70. The Morgan fingerprint density at radius 1 is 0.909 bits per heavy atom. The monoisotopic (exact) mass is 464 g/mol. The van der Waals surface area contributed by atoms with E-state index in [2.05, 4.69) is 35.2 Å². The van der Waals surface area contributed by atoms with Gasteiger partial charge in [0.15, 0.2) is 5.78 Å². The Morgan fingerprint density at radius 3 is 2.42 bits per heavy atom. The maximum absolute atomic E-state index is 13.1. The Balaban J connectivity index is 1.34. The van der Waals surface area contributed by atoms with Gasteiger partial charge in [-0.1, -0.05) is 60.7 Å². The molecule has 0 spiro atoms. The Bertz CT molecular complexity index is 1260. The second-order valence-corrected chi connectivity index (χ2v) is 10.1. The normalized spacial score (nSPS) is 15.9. The van der Waals surface area contributed by atoms with Crippen molar-refractivity contribution >= 4 is 32.7 Å². The second-order valence-electron chi connectivity index (χ2n) is 8.21. The molecule has 33 heavy (non-hydrogen) atoms. The van der Waals surface area contributed by atoms with Crippen LogP contribution in [0.4, 0.5) is 0 Å². The molecule has 1 fully saturated rings. The Hall–Kier alpha value is -2.84. The van der Waals surface area contributed by atoms with Crippen LogP contribution in [0.15, 0.2) is 77.7 Å². The van der Waals surface area contributed by atoms with Crippen LogP contribution in [0.25, 0.3) is 16.8 Å². The maximum Gasteiger partial charge on any atom is 0.243 e. The second kappa shape index (κ2) is 10.4. The van der Waals surface area contributed by atoms with Crippen LogP contribution in [-0.2, 0) is 21.2 Å². The molecule has 1 heterocycles. The Kier molecular flexibility index (Phi) is 7.35. The van der Waals surface area contributed by atoms with E-state index in [9.17, 15) is 13.2 Å². The van der Waals surface area contributed by atoms with Gasteiger partial charge in [-0.25, -0.2) is 8.42 Å². The fourth-order valence-electron chi connectivity index (χ4n) is 4.04. The number of hydrogen-bond acceptors (Lipinski definition) is 5. The van der Waals surface area contributed by atoms with Crippen LogP contribution in [0.1, 0.15) is 11.1 Å². The molecule has 0 amide bonds. The number of ketones is 1. The first-order chi connectivity index (χ1) is 16.0. The molecule has 0 unspecified atom stereocenters. The van der Waals surface area contributed by atoms with Gasteiger partial charge in [0.2, 0.25) is 10.0 Å². The summed E-state index contributed by atoms with van der Waals surface area (Å²) in [5.41, 5.74) is 1.89. The van der Waals surface area contributed by atoms with Crippen LogP contribution in [0.2, 0.25) is 0 Å². The maximum atomic E-state index is 13.1. The van der Waals surface area contributed by atoms with Crippen LogP contribution < -0.4 is 0 Å². The van der Waals surface area contributed by atoms with Crippen LogP contribution in [0.3, 0.4) is 0 Å². The van der Waals surface area contributed by atoms with Gasteiger partial charge in [-0.2, -0.15) is 4.31 Å². The smallest absolute Gasteiger partial charge is 0.243 e. The summed E-state index contributed by atoms with van der Waals surface area (Å²) in [5, 5.41) is 11.3. The van der Waals surface area contributed by atoms with Gasteiger partial charge in [-0.15, -0.1) is 0 Å². The summed E-state index contributed by atoms with van der Waals surface area (Å²) < 4.78 is 27.8. The lowest BCUT2D eigenvalue weighted by Gasteiger charge is -2.34. The van der Waals surface area contributed by atoms with Crippen molar-refractivity contribution in [3.8, 4) is 0 Å². The molecule has 1 aliphatic heterocycles. The molecule has 0 aromatic heterocycles. The summed E-state index contributed by atoms with van der Waals surface area (Å²) in [4.78, 5) is 13.8. The number of sulfonamides is 1. The standard InChI is InChI=1S/C26H28N2O4S/c29-20-25(30)11-9-21-4-3-7-26(19-21)33(31,32)28-16-14-27(15-17-28)13-12-22-8-10-23-5-1-2-6-24(23)18-22/h1-11,18-19,29H,12-17,20H2/b11-9+. The number of fused-ring (bicyclic) bond motifs is 1. The van der Waals surface area contributed by atoms with E-state index in [1.54, 1.807) is 24.3 Å². The van der Waals surface area contributed by atoms with Gasteiger partial charge in [-0.3, -0.25) is 4.79 Å². The lowest BCUT2D eigenvalue weighted by molar-refractivity contribution is -0.117. The van der Waals surface area contributed by atoms with Crippen molar-refractivity contribution < 1.29 is 18.3 Å². The first kappa shape index (κ1) is 23.3. The number of carbonyl (C=O) groups is 1. The zero-order valence-electron chi connectivity index (χ0n) is 18.4. The van der Waals surface area contributed by atoms with Crippen LogP contribution in [0.5, 0.6) is 0 Å². The Morgan fingerprint density at radius 2 is 1.67 bits per heavy atom. The highest BCUT2D eigenvalue weighted by Crippen LogP contribution is 2.20. The number of aliphatic hydroxyl groups is 1. The zero-order chi connectivity index (χ0) is 23.3. The molecule has 0 aliphatic carbocycles. The lowest BCUT2D eigenvalue weighted by atomic mass is 10.0. The molecule has 7 heteroatoms. The van der Waals surface area contributed by atoms with Crippen molar-refractivity contribution in [2.45, 2.75) is 11.3 Å². The van der Waals surface area contributed by atoms with Crippen molar-refractivity contribution in [2.75, 3.05) is 39.3 Å². The van der Waals surface area contributed by atoms with E-state index in [1.807, 2.05) is 12.1 Å². The number of piperazine rings is 1. The minimum atomic E-state index is -3.61. The minimum absolute atomic E-state index is 0.214. The molecule has 1 saturated heterocycles. The van der Waals surface area contributed by atoms with Crippen molar-refractivity contribution in [3.05, 3.63) is 83.9 Å². The fraction of sp³-hybridized carbons (Fsp3) is 0.269. The van der Waals surface area contributed by atoms with Gasteiger partial charge < -0.3 is 10.0 Å². The van der Waals surface area contributed by atoms with E-state index in [1.165, 1.54) is 32.8 Å². The number of benzene rings is 3. The van der Waals surface area contributed by atoms with Gasteiger partial charge >= 0.3 is 0 Å². The summed E-state index contributed by atoms with van der Waals surface area (Å²) in [5.74, 6) is -0.428. The summed E-state index contributed by atoms with van der Waals surface area (Å²) >= 11 is 0. The van der Waals surface area contributed by atoms with Gasteiger partial charge in [0.1, 0.15) is 6.61 Å². The van der Waals surface area contributed by atoms with Gasteiger partial charge in [0, 0.05) is 32.7 Å². The number of rotatable bonds is 8. The highest BCUT2D eigenvalue weighted by atomic mass is 32.2. The largest absolute Gasteiger partial charge is 0.388 e. The molecular weight excluding hydrogens is 436 g/mol. The molecule has 0 saturated carbocycles. The number of aliphatic hydroxyl groups excluding tert-OH is 1. The Labute approximate surface area is 194 Å². The summed E-state index contributed by atoms with van der Waals surface area (Å²) in [6.45, 7) is 2.60. The van der Waals surface area contributed by atoms with Crippen LogP contribution >= 0.6 is 0 Å². The fourth-order valence-corrected chi connectivity index (χ4v) is 5.52. The highest BCUT2D eigenvalue weighted by Gasteiger charge is 2.28. The van der Waals surface area contributed by atoms with Crippen LogP contribution in [0, 0.1) is 0 Å². The summed E-state index contributed by atoms with van der Waals surface area (Å²) in [6, 6.07) is 21.4. The molecule has 172 valence electrons. The zero-order valence-corrected chi connectivity index (χ0v) is 19.2. The van der Waals surface area contributed by atoms with E-state index in [-0.39, 0.29) is 4.90 Å². The molecule has 6 nitrogen and oxygen atoms in total. The molecule has 1 N–H and O–H groups in total. The topological polar surface area (TPSA) is 77.9 Å². The van der Waals surface area contributed by atoms with Crippen molar-refractivity contribution in [1.29, 1.82) is 0 Å². The molecule has 0 radical (unpaired) electrons. The lowest BCUT2D eigenvalue weighted by Crippen LogP contribution is -2.49. The average molecular weight is 465 g/mol. The number of nitrogens with zero attached hydrogens (tertiary/aromatic N) is 2. The first-order valence-corrected chi connectivity index (χ1v) is 12.5. The molecule has 0 bridgehead atoms. The van der Waals surface area contributed by atoms with Gasteiger partial charge in [0.05, 0.1) is 4.90 Å². The average Bonchev–Trinajstić information content (AvgIpc) is 2.86. The van der Waals surface area contributed by atoms with Crippen molar-refractivity contribution in [1.82, 2.24) is 9.21 Å². The van der Waals surface area contributed by atoms with Crippen molar-refractivity contribution in [3.63, 3.8) is 0 Å². The van der Waals surface area contributed by atoms with E-state index < -0.39 is 22.4 Å². The molecule has 4 rings (SSSR count). The SMILES string of the molecule is O=C(/C=C/c1cccc(S(=O)(=O)N2CCN(CCc3ccc4ccccc4c3)CC2)c1)CO. The summed E-state index contributed by atoms with van der Waals surface area (Å²) in [7, 11) is -3.61. The number of hydrogen-bond donors (Lipinski definition) is 1. The van der Waals surface area contributed by atoms with Crippen molar-refractivity contribution in [2.24, 2.45) is 0 Å². The van der Waals surface area contributed by atoms with E-state index >= 15 is 0 Å². The van der Waals surface area contributed by atoms with Crippen LogP contribution in [-0.4, -0.2) is 67.8 Å². The first-order valence-electron chi connectivity index (χ1n) is 11.1. The third-order valence-corrected chi connectivity index (χ3v) is 7.87. The van der Waals surface area contributed by atoms with Gasteiger partial charge in [-0.05, 0) is 46.5 Å². The van der Waals surface area contributed by atoms with E-state index in [0.29, 0.717) is 31.7 Å². The predicted molar refractivity (Wildman–Crippen MR) is 130 cm³/mol. The van der Waals surface area contributed by atoms with Gasteiger partial charge in [0.25, 0.3) is 0 Å². The molecule has 0 atom stereocenters.